The standard InChI is InChI=1S/C24H29N3O3/c1-3-30-21-10-8-20(9-11-21)23-16-22(19-6-4-18(2)5-7-19)25-27(23)24(28)17-26-12-14-29-15-13-26/h4-11,23H,3,12-17H2,1-2H3/t23-/m0/s1. The van der Waals surface area contributed by atoms with Gasteiger partial charge in [0.25, 0.3) is 5.91 Å². The van der Waals surface area contributed by atoms with Crippen LogP contribution in [0.15, 0.2) is 53.6 Å². The monoisotopic (exact) mass is 407 g/mol. The number of hydrogen-bond donors (Lipinski definition) is 0. The van der Waals surface area contributed by atoms with E-state index in [1.165, 1.54) is 5.56 Å². The highest BCUT2D eigenvalue weighted by molar-refractivity contribution is 6.03. The number of amides is 1. The first-order chi connectivity index (χ1) is 14.6. The Hall–Kier alpha value is -2.70. The van der Waals surface area contributed by atoms with Crippen molar-refractivity contribution >= 4 is 11.6 Å². The molecule has 0 N–H and O–H groups in total. The third-order valence-electron chi connectivity index (χ3n) is 5.59. The minimum absolute atomic E-state index is 0.0258. The topological polar surface area (TPSA) is 54.4 Å². The Morgan fingerprint density at radius 2 is 1.80 bits per heavy atom. The first-order valence-corrected chi connectivity index (χ1v) is 10.6. The second-order valence-corrected chi connectivity index (χ2v) is 7.76. The average Bonchev–Trinajstić information content (AvgIpc) is 3.21. The second kappa shape index (κ2) is 9.41. The predicted molar refractivity (Wildman–Crippen MR) is 117 cm³/mol. The first-order valence-electron chi connectivity index (χ1n) is 10.6. The predicted octanol–water partition coefficient (Wildman–Crippen LogP) is 3.40. The molecule has 0 bridgehead atoms. The van der Waals surface area contributed by atoms with Gasteiger partial charge >= 0.3 is 0 Å². The smallest absolute Gasteiger partial charge is 0.257 e. The SMILES string of the molecule is CCOc1ccc([C@@H]2CC(c3ccc(C)cc3)=NN2C(=O)CN2CCOCC2)cc1. The zero-order valence-electron chi connectivity index (χ0n) is 17.7. The van der Waals surface area contributed by atoms with Gasteiger partial charge in [-0.05, 0) is 37.1 Å². The zero-order valence-corrected chi connectivity index (χ0v) is 17.7. The Balaban J connectivity index is 1.58. The van der Waals surface area contributed by atoms with Crippen LogP contribution in [0.5, 0.6) is 5.75 Å². The lowest BCUT2D eigenvalue weighted by molar-refractivity contribution is -0.135. The minimum Gasteiger partial charge on any atom is -0.494 e. The number of hydrazone groups is 1. The lowest BCUT2D eigenvalue weighted by Gasteiger charge is -2.29. The molecule has 0 aromatic heterocycles. The summed E-state index contributed by atoms with van der Waals surface area (Å²) in [6.45, 7) is 7.94. The van der Waals surface area contributed by atoms with Crippen molar-refractivity contribution in [1.29, 1.82) is 0 Å². The maximum absolute atomic E-state index is 13.2. The van der Waals surface area contributed by atoms with E-state index >= 15 is 0 Å². The third-order valence-corrected chi connectivity index (χ3v) is 5.59. The van der Waals surface area contributed by atoms with Crippen LogP contribution in [0, 0.1) is 6.92 Å². The van der Waals surface area contributed by atoms with E-state index in [4.69, 9.17) is 14.6 Å². The van der Waals surface area contributed by atoms with E-state index < -0.39 is 0 Å². The van der Waals surface area contributed by atoms with Gasteiger partial charge in [-0.15, -0.1) is 0 Å². The lowest BCUT2D eigenvalue weighted by Crippen LogP contribution is -2.43. The van der Waals surface area contributed by atoms with Crippen molar-refractivity contribution in [3.05, 3.63) is 65.2 Å². The van der Waals surface area contributed by atoms with Crippen LogP contribution in [0.1, 0.15) is 36.1 Å². The molecule has 6 heteroatoms. The molecule has 2 aromatic carbocycles. The van der Waals surface area contributed by atoms with E-state index in [1.54, 1.807) is 5.01 Å². The summed E-state index contributed by atoms with van der Waals surface area (Å²) < 4.78 is 11.0. The Labute approximate surface area is 178 Å². The van der Waals surface area contributed by atoms with Crippen LogP contribution in [-0.4, -0.2) is 61.0 Å². The van der Waals surface area contributed by atoms with E-state index in [2.05, 4.69) is 36.1 Å². The fraction of sp³-hybridized carbons (Fsp3) is 0.417. The van der Waals surface area contributed by atoms with Crippen molar-refractivity contribution in [3.8, 4) is 5.75 Å². The summed E-state index contributed by atoms with van der Waals surface area (Å²) in [5.74, 6) is 0.864. The van der Waals surface area contributed by atoms with Crippen molar-refractivity contribution in [2.45, 2.75) is 26.3 Å². The van der Waals surface area contributed by atoms with Gasteiger partial charge in [0.2, 0.25) is 0 Å². The fourth-order valence-corrected chi connectivity index (χ4v) is 3.90. The molecule has 30 heavy (non-hydrogen) atoms. The van der Waals surface area contributed by atoms with Crippen LogP contribution in [0.4, 0.5) is 0 Å². The molecule has 2 aromatic rings. The molecular formula is C24H29N3O3. The Morgan fingerprint density at radius 3 is 2.47 bits per heavy atom. The van der Waals surface area contributed by atoms with Gasteiger partial charge < -0.3 is 9.47 Å². The van der Waals surface area contributed by atoms with Crippen LogP contribution < -0.4 is 4.74 Å². The number of hydrogen-bond acceptors (Lipinski definition) is 5. The molecule has 0 saturated carbocycles. The average molecular weight is 408 g/mol. The first kappa shape index (κ1) is 20.6. The Morgan fingerprint density at radius 1 is 1.10 bits per heavy atom. The third kappa shape index (κ3) is 4.71. The quantitative estimate of drug-likeness (QED) is 0.737. The molecule has 6 nitrogen and oxygen atoms in total. The molecule has 4 rings (SSSR count). The van der Waals surface area contributed by atoms with Gasteiger partial charge in [0.05, 0.1) is 38.1 Å². The van der Waals surface area contributed by atoms with Gasteiger partial charge in [-0.1, -0.05) is 42.0 Å². The van der Waals surface area contributed by atoms with Crippen LogP contribution >= 0.6 is 0 Å². The molecule has 1 saturated heterocycles. The summed E-state index contributed by atoms with van der Waals surface area (Å²) >= 11 is 0. The molecule has 0 spiro atoms. The summed E-state index contributed by atoms with van der Waals surface area (Å²) in [6.07, 6.45) is 0.700. The number of carbonyl (C=O) groups is 1. The van der Waals surface area contributed by atoms with Crippen LogP contribution in [-0.2, 0) is 9.53 Å². The minimum atomic E-state index is -0.106. The van der Waals surface area contributed by atoms with E-state index in [1.807, 2.05) is 31.2 Å². The number of carbonyl (C=O) groups excluding carboxylic acids is 1. The molecule has 0 unspecified atom stereocenters. The number of benzene rings is 2. The van der Waals surface area contributed by atoms with Crippen molar-refractivity contribution in [3.63, 3.8) is 0 Å². The molecule has 1 amide bonds. The molecule has 0 aliphatic carbocycles. The largest absolute Gasteiger partial charge is 0.494 e. The van der Waals surface area contributed by atoms with Crippen LogP contribution in [0.3, 0.4) is 0 Å². The zero-order chi connectivity index (χ0) is 20.9. The van der Waals surface area contributed by atoms with Gasteiger partial charge in [-0.2, -0.15) is 5.10 Å². The van der Waals surface area contributed by atoms with Gasteiger partial charge in [0.1, 0.15) is 5.75 Å². The maximum atomic E-state index is 13.2. The normalized spacial score (nSPS) is 19.6. The molecular weight excluding hydrogens is 378 g/mol. The fourth-order valence-electron chi connectivity index (χ4n) is 3.90. The number of morpholine rings is 1. The molecule has 2 aliphatic rings. The van der Waals surface area contributed by atoms with Crippen molar-refractivity contribution in [2.75, 3.05) is 39.5 Å². The number of aryl methyl sites for hydroxylation is 1. The van der Waals surface area contributed by atoms with Crippen LogP contribution in [0.2, 0.25) is 0 Å². The number of nitrogens with zero attached hydrogens (tertiary/aromatic N) is 3. The summed E-state index contributed by atoms with van der Waals surface area (Å²) in [5.41, 5.74) is 4.29. The van der Waals surface area contributed by atoms with E-state index in [0.29, 0.717) is 32.8 Å². The number of rotatable bonds is 6. The second-order valence-electron chi connectivity index (χ2n) is 7.76. The maximum Gasteiger partial charge on any atom is 0.257 e. The summed E-state index contributed by atoms with van der Waals surface area (Å²) in [5, 5.41) is 6.46. The van der Waals surface area contributed by atoms with Gasteiger partial charge in [-0.3, -0.25) is 9.69 Å². The Bertz CT molecular complexity index is 887. The molecule has 158 valence electrons. The van der Waals surface area contributed by atoms with Crippen molar-refractivity contribution in [2.24, 2.45) is 5.10 Å². The van der Waals surface area contributed by atoms with Gasteiger partial charge in [0, 0.05) is 19.5 Å². The summed E-state index contributed by atoms with van der Waals surface area (Å²) in [6, 6.07) is 16.2. The molecule has 1 fully saturated rings. The van der Waals surface area contributed by atoms with E-state index in [9.17, 15) is 4.79 Å². The highest BCUT2D eigenvalue weighted by atomic mass is 16.5. The van der Waals surface area contributed by atoms with Crippen molar-refractivity contribution < 1.29 is 14.3 Å². The lowest BCUT2D eigenvalue weighted by atomic mass is 9.98. The number of ether oxygens (including phenoxy) is 2. The highest BCUT2D eigenvalue weighted by Crippen LogP contribution is 2.33. The van der Waals surface area contributed by atoms with E-state index in [-0.39, 0.29) is 11.9 Å². The molecule has 0 radical (unpaired) electrons. The summed E-state index contributed by atoms with van der Waals surface area (Å²) in [4.78, 5) is 15.3. The van der Waals surface area contributed by atoms with Crippen LogP contribution in [0.25, 0.3) is 0 Å². The highest BCUT2D eigenvalue weighted by Gasteiger charge is 2.33. The molecule has 2 aliphatic heterocycles. The van der Waals surface area contributed by atoms with Crippen molar-refractivity contribution in [1.82, 2.24) is 9.91 Å². The van der Waals surface area contributed by atoms with Gasteiger partial charge in [-0.25, -0.2) is 5.01 Å². The van der Waals surface area contributed by atoms with Gasteiger partial charge in [0.15, 0.2) is 0 Å². The molecule has 2 heterocycles. The summed E-state index contributed by atoms with van der Waals surface area (Å²) in [7, 11) is 0. The molecule has 1 atom stereocenters. The Kier molecular flexibility index (Phi) is 6.45. The van der Waals surface area contributed by atoms with E-state index in [0.717, 1.165) is 35.7 Å².